The average Bonchev–Trinajstić information content (AvgIpc) is 1.65. The molecule has 6 heavy (non-hydrogen) atoms. The molecule has 0 amide bonds. The Kier molecular flexibility index (Phi) is 2.77. The van der Waals surface area contributed by atoms with E-state index in [1.165, 1.54) is 0 Å². The molecule has 0 saturated heterocycles. The van der Waals surface area contributed by atoms with E-state index in [4.69, 9.17) is 5.11 Å². The molecule has 0 heterocycles. The van der Waals surface area contributed by atoms with Crippen LogP contribution in [0.25, 0.3) is 0 Å². The van der Waals surface area contributed by atoms with Crippen LogP contribution in [0.3, 0.4) is 0 Å². The van der Waals surface area contributed by atoms with Gasteiger partial charge in [0.05, 0.1) is 6.61 Å². The third-order valence-electron chi connectivity index (χ3n) is 0.742. The van der Waals surface area contributed by atoms with Crippen LogP contribution in [0.5, 0.6) is 0 Å². The topological polar surface area (TPSA) is 20.2 Å². The summed E-state index contributed by atoms with van der Waals surface area (Å²) in [7, 11) is 0. The minimum atomic E-state index is 0.191. The van der Waals surface area contributed by atoms with Gasteiger partial charge in [0.1, 0.15) is 0 Å². The van der Waals surface area contributed by atoms with Gasteiger partial charge in [-0.05, 0) is 13.8 Å². The van der Waals surface area contributed by atoms with E-state index in [9.17, 15) is 0 Å². The SMILES string of the molecule is C/C=C(\C)CO. The maximum Gasteiger partial charge on any atom is 0.0638 e. The first-order valence-corrected chi connectivity index (χ1v) is 2.04. The van der Waals surface area contributed by atoms with Gasteiger partial charge in [0, 0.05) is 0 Å². The summed E-state index contributed by atoms with van der Waals surface area (Å²) in [5.41, 5.74) is 1.02. The summed E-state index contributed by atoms with van der Waals surface area (Å²) in [5, 5.41) is 8.27. The number of aliphatic hydroxyl groups is 1. The summed E-state index contributed by atoms with van der Waals surface area (Å²) in [4.78, 5) is 0. The van der Waals surface area contributed by atoms with Crippen molar-refractivity contribution in [3.8, 4) is 0 Å². The maximum absolute atomic E-state index is 8.27. The quantitative estimate of drug-likeness (QED) is 0.471. The van der Waals surface area contributed by atoms with E-state index in [1.54, 1.807) is 0 Å². The minimum absolute atomic E-state index is 0.191. The normalized spacial score (nSPS) is 12.2. The van der Waals surface area contributed by atoms with Crippen molar-refractivity contribution in [1.29, 1.82) is 0 Å². The van der Waals surface area contributed by atoms with Crippen molar-refractivity contribution < 1.29 is 5.11 Å². The zero-order valence-electron chi connectivity index (χ0n) is 4.23. The molecule has 36 valence electrons. The highest BCUT2D eigenvalue weighted by atomic mass is 16.3. The minimum Gasteiger partial charge on any atom is -0.392 e. The molecule has 0 aliphatic heterocycles. The van der Waals surface area contributed by atoms with Crippen molar-refractivity contribution in [2.24, 2.45) is 0 Å². The third-order valence-corrected chi connectivity index (χ3v) is 0.742. The van der Waals surface area contributed by atoms with Crippen LogP contribution >= 0.6 is 0 Å². The number of rotatable bonds is 1. The van der Waals surface area contributed by atoms with E-state index in [0.29, 0.717) is 0 Å². The highest BCUT2D eigenvalue weighted by molar-refractivity contribution is 4.94. The molecular weight excluding hydrogens is 76.1 g/mol. The van der Waals surface area contributed by atoms with Crippen molar-refractivity contribution in [2.75, 3.05) is 6.61 Å². The van der Waals surface area contributed by atoms with Crippen molar-refractivity contribution in [3.05, 3.63) is 11.6 Å². The van der Waals surface area contributed by atoms with Crippen molar-refractivity contribution in [2.45, 2.75) is 13.8 Å². The molecule has 1 heteroatoms. The molecule has 0 atom stereocenters. The predicted octanol–water partition coefficient (Wildman–Crippen LogP) is 0.945. The van der Waals surface area contributed by atoms with Crippen LogP contribution < -0.4 is 0 Å². The summed E-state index contributed by atoms with van der Waals surface area (Å²) in [5.74, 6) is 0. The molecule has 0 saturated carbocycles. The molecule has 0 spiro atoms. The second kappa shape index (κ2) is 2.91. The van der Waals surface area contributed by atoms with Gasteiger partial charge < -0.3 is 5.11 Å². The summed E-state index contributed by atoms with van der Waals surface area (Å²) in [6.07, 6.45) is 1.89. The number of hydrogen-bond acceptors (Lipinski definition) is 1. The van der Waals surface area contributed by atoms with E-state index in [2.05, 4.69) is 0 Å². The van der Waals surface area contributed by atoms with E-state index in [-0.39, 0.29) is 6.61 Å². The summed E-state index contributed by atoms with van der Waals surface area (Å²) in [6, 6.07) is 0. The Hall–Kier alpha value is -0.300. The first-order chi connectivity index (χ1) is 2.81. The van der Waals surface area contributed by atoms with Crippen molar-refractivity contribution >= 4 is 0 Å². The van der Waals surface area contributed by atoms with E-state index in [0.717, 1.165) is 5.57 Å². The molecule has 0 aromatic rings. The lowest BCUT2D eigenvalue weighted by Crippen LogP contribution is -1.79. The molecule has 0 radical (unpaired) electrons. The van der Waals surface area contributed by atoms with Gasteiger partial charge in [0.25, 0.3) is 0 Å². The molecule has 0 fully saturated rings. The fraction of sp³-hybridized carbons (Fsp3) is 0.600. The third kappa shape index (κ3) is 1.97. The summed E-state index contributed by atoms with van der Waals surface area (Å²) < 4.78 is 0. The fourth-order valence-corrected chi connectivity index (χ4v) is 0.0913. The van der Waals surface area contributed by atoms with Gasteiger partial charge in [-0.2, -0.15) is 0 Å². The predicted molar refractivity (Wildman–Crippen MR) is 26.5 cm³/mol. The maximum atomic E-state index is 8.27. The fourth-order valence-electron chi connectivity index (χ4n) is 0.0913. The van der Waals surface area contributed by atoms with Gasteiger partial charge in [-0.15, -0.1) is 0 Å². The van der Waals surface area contributed by atoms with Gasteiger partial charge >= 0.3 is 0 Å². The lowest BCUT2D eigenvalue weighted by atomic mass is 10.3. The first kappa shape index (κ1) is 5.70. The van der Waals surface area contributed by atoms with Gasteiger partial charge in [-0.1, -0.05) is 11.6 Å². The van der Waals surface area contributed by atoms with Gasteiger partial charge in [-0.25, -0.2) is 0 Å². The zero-order chi connectivity index (χ0) is 4.99. The van der Waals surface area contributed by atoms with Crippen LogP contribution in [0, 0.1) is 0 Å². The van der Waals surface area contributed by atoms with Crippen molar-refractivity contribution in [1.82, 2.24) is 0 Å². The van der Waals surface area contributed by atoms with Crippen LogP contribution in [0.1, 0.15) is 13.8 Å². The Morgan fingerprint density at radius 2 is 2.33 bits per heavy atom. The van der Waals surface area contributed by atoms with Crippen molar-refractivity contribution in [3.63, 3.8) is 0 Å². The molecule has 1 nitrogen and oxygen atoms in total. The number of allylic oxidation sites excluding steroid dienone is 1. The molecule has 0 rings (SSSR count). The molecular formula is C5H10O. The Balaban J connectivity index is 3.22. The smallest absolute Gasteiger partial charge is 0.0638 e. The lowest BCUT2D eigenvalue weighted by molar-refractivity contribution is 0.331. The second-order valence-corrected chi connectivity index (χ2v) is 1.29. The highest BCUT2D eigenvalue weighted by Crippen LogP contribution is 1.84. The number of aliphatic hydroxyl groups excluding tert-OH is 1. The molecule has 0 unspecified atom stereocenters. The number of hydrogen-bond donors (Lipinski definition) is 1. The zero-order valence-corrected chi connectivity index (χ0v) is 4.23. The lowest BCUT2D eigenvalue weighted by Gasteiger charge is -1.84. The summed E-state index contributed by atoms with van der Waals surface area (Å²) >= 11 is 0. The molecule has 1 N–H and O–H groups in total. The standard InChI is InChI=1S/C5H10O/c1-3-5(2)4-6/h3,6H,4H2,1-2H3/b5-3+. The van der Waals surface area contributed by atoms with Gasteiger partial charge in [0.2, 0.25) is 0 Å². The largest absolute Gasteiger partial charge is 0.392 e. The second-order valence-electron chi connectivity index (χ2n) is 1.29. The first-order valence-electron chi connectivity index (χ1n) is 2.04. The Bertz CT molecular complexity index is 55.0. The van der Waals surface area contributed by atoms with E-state index in [1.807, 2.05) is 19.9 Å². The Labute approximate surface area is 38.3 Å². The van der Waals surface area contributed by atoms with Crippen LogP contribution in [-0.4, -0.2) is 11.7 Å². The van der Waals surface area contributed by atoms with Gasteiger partial charge in [0.15, 0.2) is 0 Å². The van der Waals surface area contributed by atoms with Crippen LogP contribution in [0.15, 0.2) is 11.6 Å². The molecule has 0 aliphatic rings. The van der Waals surface area contributed by atoms with Gasteiger partial charge in [-0.3, -0.25) is 0 Å². The Morgan fingerprint density at radius 1 is 1.83 bits per heavy atom. The van der Waals surface area contributed by atoms with Crippen LogP contribution in [-0.2, 0) is 0 Å². The molecule has 0 bridgehead atoms. The van der Waals surface area contributed by atoms with E-state index >= 15 is 0 Å². The average molecular weight is 86.1 g/mol. The molecule has 0 aliphatic carbocycles. The summed E-state index contributed by atoms with van der Waals surface area (Å²) in [6.45, 7) is 3.99. The highest BCUT2D eigenvalue weighted by Gasteiger charge is 1.74. The van der Waals surface area contributed by atoms with E-state index < -0.39 is 0 Å². The van der Waals surface area contributed by atoms with Crippen LogP contribution in [0.4, 0.5) is 0 Å². The molecule has 0 aromatic heterocycles. The molecule has 0 aromatic carbocycles. The monoisotopic (exact) mass is 86.1 g/mol. The van der Waals surface area contributed by atoms with Crippen LogP contribution in [0.2, 0.25) is 0 Å². The Morgan fingerprint density at radius 3 is 2.33 bits per heavy atom.